The van der Waals surface area contributed by atoms with Crippen LogP contribution in [0.15, 0.2) is 18.2 Å². The van der Waals surface area contributed by atoms with Gasteiger partial charge in [0.2, 0.25) is 0 Å². The summed E-state index contributed by atoms with van der Waals surface area (Å²) in [7, 11) is 0. The number of hydrogen-bond donors (Lipinski definition) is 2. The fourth-order valence-electron chi connectivity index (χ4n) is 3.63. The van der Waals surface area contributed by atoms with E-state index in [0.29, 0.717) is 5.69 Å². The van der Waals surface area contributed by atoms with Crippen molar-refractivity contribution in [3.63, 3.8) is 0 Å². The number of amides is 3. The molecule has 3 amide bonds. The fourth-order valence-corrected chi connectivity index (χ4v) is 3.63. The molecule has 1 aromatic carbocycles. The van der Waals surface area contributed by atoms with Crippen molar-refractivity contribution < 1.29 is 18.4 Å². The molecule has 144 valence electrons. The number of halogens is 2. The molecule has 9 heteroatoms. The fraction of sp³-hybridized carbons (Fsp3) is 0.389. The standard InChI is InChI=1S/C18H21F2N5O2/c1-18(2,3)15-14-12(16(21)26)13(10-5-4-9(19)8-11(10)20)23-25(14)7-6-24(15)17(22)27/h4-5,8,15H,6-7H2,1-3H3,(H2,21,26)(H2,22,27). The molecule has 0 spiro atoms. The normalized spacial score (nSPS) is 16.9. The van der Waals surface area contributed by atoms with Crippen LogP contribution in [-0.2, 0) is 6.54 Å². The summed E-state index contributed by atoms with van der Waals surface area (Å²) in [6.07, 6.45) is 0. The van der Waals surface area contributed by atoms with E-state index in [4.69, 9.17) is 11.5 Å². The number of aromatic nitrogens is 2. The van der Waals surface area contributed by atoms with Crippen LogP contribution in [0.3, 0.4) is 0 Å². The lowest BCUT2D eigenvalue weighted by atomic mass is 9.81. The first-order valence-electron chi connectivity index (χ1n) is 8.44. The molecule has 1 aliphatic rings. The summed E-state index contributed by atoms with van der Waals surface area (Å²) in [5.74, 6) is -2.41. The predicted octanol–water partition coefficient (Wildman–Crippen LogP) is 2.41. The molecular formula is C18H21F2N5O2. The van der Waals surface area contributed by atoms with E-state index in [2.05, 4.69) is 5.10 Å². The Kier molecular flexibility index (Phi) is 4.41. The number of benzene rings is 1. The van der Waals surface area contributed by atoms with Gasteiger partial charge in [0.1, 0.15) is 17.3 Å². The number of hydrogen-bond acceptors (Lipinski definition) is 3. The Morgan fingerprint density at radius 1 is 1.19 bits per heavy atom. The van der Waals surface area contributed by atoms with Crippen molar-refractivity contribution in [2.45, 2.75) is 33.4 Å². The molecule has 0 radical (unpaired) electrons. The molecule has 1 aliphatic heterocycles. The molecule has 2 aromatic rings. The van der Waals surface area contributed by atoms with Gasteiger partial charge in [-0.15, -0.1) is 0 Å². The molecule has 3 rings (SSSR count). The molecule has 0 fully saturated rings. The minimum atomic E-state index is -0.855. The maximum absolute atomic E-state index is 14.4. The minimum absolute atomic E-state index is 0.00591. The first-order chi connectivity index (χ1) is 12.5. The van der Waals surface area contributed by atoms with Crippen LogP contribution < -0.4 is 11.5 Å². The van der Waals surface area contributed by atoms with Crippen molar-refractivity contribution in [1.82, 2.24) is 14.7 Å². The topological polar surface area (TPSA) is 107 Å². The molecule has 2 heterocycles. The number of nitrogens with two attached hydrogens (primary N) is 2. The smallest absolute Gasteiger partial charge is 0.315 e. The predicted molar refractivity (Wildman–Crippen MR) is 94.6 cm³/mol. The van der Waals surface area contributed by atoms with Crippen LogP contribution in [-0.4, -0.2) is 33.2 Å². The highest BCUT2D eigenvalue weighted by molar-refractivity contribution is 6.00. The van der Waals surface area contributed by atoms with E-state index in [0.717, 1.165) is 12.1 Å². The Labute approximate surface area is 154 Å². The van der Waals surface area contributed by atoms with E-state index in [1.54, 1.807) is 4.68 Å². The minimum Gasteiger partial charge on any atom is -0.365 e. The molecule has 4 N–H and O–H groups in total. The van der Waals surface area contributed by atoms with E-state index >= 15 is 0 Å². The van der Waals surface area contributed by atoms with Crippen LogP contribution in [0.5, 0.6) is 0 Å². The summed E-state index contributed by atoms with van der Waals surface area (Å²) in [5, 5.41) is 4.36. The second-order valence-corrected chi connectivity index (χ2v) is 7.62. The van der Waals surface area contributed by atoms with E-state index in [1.807, 2.05) is 20.8 Å². The molecule has 0 saturated heterocycles. The van der Waals surface area contributed by atoms with E-state index < -0.39 is 35.0 Å². The van der Waals surface area contributed by atoms with Crippen molar-refractivity contribution in [3.8, 4) is 11.3 Å². The van der Waals surface area contributed by atoms with E-state index in [1.165, 1.54) is 11.0 Å². The zero-order valence-corrected chi connectivity index (χ0v) is 15.3. The Morgan fingerprint density at radius 3 is 2.37 bits per heavy atom. The number of primary amides is 2. The highest BCUT2D eigenvalue weighted by Crippen LogP contribution is 2.43. The molecular weight excluding hydrogens is 356 g/mol. The summed E-state index contributed by atoms with van der Waals surface area (Å²) < 4.78 is 29.2. The number of carbonyl (C=O) groups is 2. The van der Waals surface area contributed by atoms with Crippen LogP contribution in [0, 0.1) is 17.0 Å². The third-order valence-corrected chi connectivity index (χ3v) is 4.65. The third-order valence-electron chi connectivity index (χ3n) is 4.65. The zero-order chi connectivity index (χ0) is 20.1. The number of nitrogens with zero attached hydrogens (tertiary/aromatic N) is 3. The number of rotatable bonds is 2. The van der Waals surface area contributed by atoms with Crippen LogP contribution in [0.1, 0.15) is 42.9 Å². The first kappa shape index (κ1) is 18.8. The number of fused-ring (bicyclic) bond motifs is 1. The van der Waals surface area contributed by atoms with Crippen LogP contribution in [0.25, 0.3) is 11.3 Å². The summed E-state index contributed by atoms with van der Waals surface area (Å²) in [6.45, 7) is 6.22. The van der Waals surface area contributed by atoms with Gasteiger partial charge < -0.3 is 16.4 Å². The molecule has 1 atom stereocenters. The molecule has 7 nitrogen and oxygen atoms in total. The van der Waals surface area contributed by atoms with Gasteiger partial charge in [-0.3, -0.25) is 9.48 Å². The van der Waals surface area contributed by atoms with Gasteiger partial charge in [-0.25, -0.2) is 13.6 Å². The van der Waals surface area contributed by atoms with Gasteiger partial charge in [-0.2, -0.15) is 5.10 Å². The van der Waals surface area contributed by atoms with Crippen LogP contribution in [0.4, 0.5) is 13.6 Å². The van der Waals surface area contributed by atoms with Crippen molar-refractivity contribution in [2.75, 3.05) is 6.54 Å². The van der Waals surface area contributed by atoms with Crippen LogP contribution in [0.2, 0.25) is 0 Å². The Morgan fingerprint density at radius 2 is 1.85 bits per heavy atom. The quantitative estimate of drug-likeness (QED) is 0.839. The van der Waals surface area contributed by atoms with Gasteiger partial charge in [0.15, 0.2) is 0 Å². The maximum Gasteiger partial charge on any atom is 0.315 e. The maximum atomic E-state index is 14.4. The van der Waals surface area contributed by atoms with Crippen LogP contribution >= 0.6 is 0 Å². The second kappa shape index (κ2) is 6.33. The molecule has 1 aromatic heterocycles. The summed E-state index contributed by atoms with van der Waals surface area (Å²) >= 11 is 0. The van der Waals surface area contributed by atoms with Crippen molar-refractivity contribution in [1.29, 1.82) is 0 Å². The average molecular weight is 377 g/mol. The Balaban J connectivity index is 2.30. The van der Waals surface area contributed by atoms with Gasteiger partial charge >= 0.3 is 6.03 Å². The van der Waals surface area contributed by atoms with E-state index in [9.17, 15) is 18.4 Å². The molecule has 0 bridgehead atoms. The van der Waals surface area contributed by atoms with Crippen molar-refractivity contribution in [3.05, 3.63) is 41.1 Å². The molecule has 0 saturated carbocycles. The highest BCUT2D eigenvalue weighted by Gasteiger charge is 2.43. The molecule has 1 unspecified atom stereocenters. The Bertz CT molecular complexity index is 933. The lowest BCUT2D eigenvalue weighted by Gasteiger charge is -2.42. The number of urea groups is 1. The van der Waals surface area contributed by atoms with Crippen molar-refractivity contribution in [2.24, 2.45) is 16.9 Å². The molecule has 27 heavy (non-hydrogen) atoms. The van der Waals surface area contributed by atoms with Gasteiger partial charge in [-0.1, -0.05) is 20.8 Å². The zero-order valence-electron chi connectivity index (χ0n) is 15.3. The monoisotopic (exact) mass is 377 g/mol. The average Bonchev–Trinajstić information content (AvgIpc) is 2.91. The first-order valence-corrected chi connectivity index (χ1v) is 8.44. The molecule has 0 aliphatic carbocycles. The highest BCUT2D eigenvalue weighted by atomic mass is 19.1. The van der Waals surface area contributed by atoms with Gasteiger partial charge in [0, 0.05) is 18.2 Å². The summed E-state index contributed by atoms with van der Waals surface area (Å²) in [6, 6.07) is 1.79. The Hall–Kier alpha value is -2.97. The van der Waals surface area contributed by atoms with Gasteiger partial charge in [0.05, 0.1) is 23.8 Å². The lowest BCUT2D eigenvalue weighted by molar-refractivity contribution is 0.0899. The van der Waals surface area contributed by atoms with E-state index in [-0.39, 0.29) is 29.9 Å². The SMILES string of the molecule is CC(C)(C)C1c2c(C(N)=O)c(-c3ccc(F)cc3F)nn2CCN1C(N)=O. The summed E-state index contributed by atoms with van der Waals surface area (Å²) in [4.78, 5) is 25.7. The number of carbonyl (C=O) groups excluding carboxylic acids is 2. The van der Waals surface area contributed by atoms with Gasteiger partial charge in [-0.05, 0) is 17.5 Å². The van der Waals surface area contributed by atoms with Crippen molar-refractivity contribution >= 4 is 11.9 Å². The third kappa shape index (κ3) is 3.13. The second-order valence-electron chi connectivity index (χ2n) is 7.62. The largest absolute Gasteiger partial charge is 0.365 e. The lowest BCUT2D eigenvalue weighted by Crippen LogP contribution is -2.49. The summed E-state index contributed by atoms with van der Waals surface area (Å²) in [5.41, 5.74) is 11.0. The van der Waals surface area contributed by atoms with Gasteiger partial charge in [0.25, 0.3) is 5.91 Å².